The molecule has 0 N–H and O–H groups in total. The second-order valence-corrected chi connectivity index (χ2v) is 17.7. The number of carbonyl (C=O) groups is 1. The Morgan fingerprint density at radius 3 is 2.46 bits per heavy atom. The Kier molecular flexibility index (Phi) is 9.52. The number of hydrogen-bond donors (Lipinski definition) is 0. The average Bonchev–Trinajstić information content (AvgIpc) is 2.55. The molecule has 26 heavy (non-hydrogen) atoms. The molecular formula is C16H29N5O2SSi2. The lowest BCUT2D eigenvalue weighted by molar-refractivity contribution is -0.117. The fourth-order valence-electron chi connectivity index (χ4n) is 2.60. The van der Waals surface area contributed by atoms with E-state index >= 15 is 0 Å². The fraction of sp³-hybridized carbons (Fsp3) is 0.688. The molecule has 0 spiro atoms. The second kappa shape index (κ2) is 10.8. The summed E-state index contributed by atoms with van der Waals surface area (Å²) >= 11 is 1.62. The lowest BCUT2D eigenvalue weighted by Crippen LogP contribution is -2.46. The summed E-state index contributed by atoms with van der Waals surface area (Å²) in [6, 6.07) is 1.09. The topological polar surface area (TPSA) is 101 Å². The van der Waals surface area contributed by atoms with E-state index in [1.807, 2.05) is 0 Å². The van der Waals surface area contributed by atoms with Crippen LogP contribution >= 0.6 is 11.8 Å². The van der Waals surface area contributed by atoms with Crippen molar-refractivity contribution in [1.29, 1.82) is 0 Å². The molecule has 1 aromatic rings. The van der Waals surface area contributed by atoms with Gasteiger partial charge >= 0.3 is 0 Å². The molecule has 0 aromatic carbocycles. The van der Waals surface area contributed by atoms with Crippen molar-refractivity contribution in [1.82, 2.24) is 9.97 Å². The van der Waals surface area contributed by atoms with Gasteiger partial charge in [0.05, 0.1) is 6.54 Å². The minimum absolute atomic E-state index is 0.266. The van der Waals surface area contributed by atoms with E-state index in [-0.39, 0.29) is 12.3 Å². The Hall–Kier alpha value is -1.20. The van der Waals surface area contributed by atoms with Crippen LogP contribution in [0.2, 0.25) is 32.2 Å². The zero-order valence-corrected chi connectivity index (χ0v) is 19.2. The quantitative estimate of drug-likeness (QED) is 0.0905. The Morgan fingerprint density at radius 2 is 1.88 bits per heavy atom. The summed E-state index contributed by atoms with van der Waals surface area (Å²) in [5.74, 6) is 0.266. The van der Waals surface area contributed by atoms with Crippen LogP contribution in [-0.4, -0.2) is 37.8 Å². The van der Waals surface area contributed by atoms with Gasteiger partial charge in [-0.2, -0.15) is 0 Å². The number of rotatable bonds is 12. The van der Waals surface area contributed by atoms with Gasteiger partial charge in [-0.05, 0) is 56.7 Å². The van der Waals surface area contributed by atoms with Gasteiger partial charge in [-0.3, -0.25) is 0 Å². The van der Waals surface area contributed by atoms with Crippen LogP contribution in [0.15, 0.2) is 22.7 Å². The van der Waals surface area contributed by atoms with Gasteiger partial charge < -0.3 is 8.91 Å². The van der Waals surface area contributed by atoms with Crippen molar-refractivity contribution >= 4 is 34.2 Å². The number of azide groups is 1. The predicted molar refractivity (Wildman–Crippen MR) is 111 cm³/mol. The molecule has 0 fully saturated rings. The first-order valence-corrected chi connectivity index (χ1v) is 16.0. The summed E-state index contributed by atoms with van der Waals surface area (Å²) in [4.78, 5) is 22.4. The smallest absolute Gasteiger partial charge is 0.187 e. The Labute approximate surface area is 162 Å². The van der Waals surface area contributed by atoms with Gasteiger partial charge in [0, 0.05) is 29.1 Å². The highest BCUT2D eigenvalue weighted by Crippen LogP contribution is 2.25. The number of thioether (sulfide) groups is 1. The number of Topliss-reactive ketones (excluding diaryl/α,β-unsaturated/α-hetero) is 1. The van der Waals surface area contributed by atoms with E-state index in [1.165, 1.54) is 0 Å². The molecule has 1 rings (SSSR count). The lowest BCUT2D eigenvalue weighted by atomic mass is 10.2. The van der Waals surface area contributed by atoms with Crippen LogP contribution in [-0.2, 0) is 15.5 Å². The molecule has 0 aliphatic heterocycles. The number of aromatic nitrogens is 2. The highest BCUT2D eigenvalue weighted by Gasteiger charge is 2.33. The number of carbonyl (C=O) groups excluding carboxylic acids is 1. The van der Waals surface area contributed by atoms with Crippen molar-refractivity contribution in [3.63, 3.8) is 0 Å². The summed E-state index contributed by atoms with van der Waals surface area (Å²) in [5.41, 5.74) is 9.14. The highest BCUT2D eigenvalue weighted by molar-refractivity contribution is 8.00. The molecule has 0 unspecified atom stereocenters. The molecule has 0 atom stereocenters. The molecule has 0 radical (unpaired) electrons. The highest BCUT2D eigenvalue weighted by atomic mass is 32.2. The van der Waals surface area contributed by atoms with Crippen molar-refractivity contribution in [2.45, 2.75) is 70.1 Å². The minimum atomic E-state index is -1.83. The number of unbranched alkanes of at least 4 members (excludes halogenated alkanes) is 1. The van der Waals surface area contributed by atoms with E-state index in [9.17, 15) is 4.79 Å². The summed E-state index contributed by atoms with van der Waals surface area (Å²) in [6.07, 6.45) is 6.10. The Bertz CT molecular complexity index is 634. The van der Waals surface area contributed by atoms with Gasteiger partial charge in [0.2, 0.25) is 0 Å². The van der Waals surface area contributed by atoms with Crippen LogP contribution in [0.4, 0.5) is 0 Å². The van der Waals surface area contributed by atoms with Crippen LogP contribution in [0.5, 0.6) is 0 Å². The largest absolute Gasteiger partial charge is 0.455 e. The molecule has 0 saturated carbocycles. The third-order valence-electron chi connectivity index (χ3n) is 3.66. The number of ketones is 1. The molecule has 144 valence electrons. The summed E-state index contributed by atoms with van der Waals surface area (Å²) in [6.45, 7) is 10.9. The van der Waals surface area contributed by atoms with Crippen LogP contribution in [0.1, 0.15) is 31.7 Å². The zero-order chi connectivity index (χ0) is 19.6. The summed E-state index contributed by atoms with van der Waals surface area (Å²) in [7, 11) is -3.55. The van der Waals surface area contributed by atoms with Gasteiger partial charge in [-0.25, -0.2) is 9.97 Å². The molecule has 1 heterocycles. The molecule has 0 bridgehead atoms. The van der Waals surface area contributed by atoms with E-state index < -0.39 is 16.6 Å². The van der Waals surface area contributed by atoms with Gasteiger partial charge in [0.1, 0.15) is 5.78 Å². The van der Waals surface area contributed by atoms with E-state index in [0.29, 0.717) is 6.42 Å². The summed E-state index contributed by atoms with van der Waals surface area (Å²) in [5, 5.41) is 5.12. The molecular weight excluding hydrogens is 382 g/mol. The van der Waals surface area contributed by atoms with Gasteiger partial charge in [-0.1, -0.05) is 23.3 Å². The number of nitrogens with zero attached hydrogens (tertiary/aromatic N) is 5. The zero-order valence-electron chi connectivity index (χ0n) is 16.4. The molecule has 1 aromatic heterocycles. The summed E-state index contributed by atoms with van der Waals surface area (Å²) < 4.78 is 6.59. The van der Waals surface area contributed by atoms with E-state index in [0.717, 1.165) is 35.0 Å². The van der Waals surface area contributed by atoms with Crippen LogP contribution in [0.25, 0.3) is 10.4 Å². The van der Waals surface area contributed by atoms with Gasteiger partial charge in [0.25, 0.3) is 0 Å². The van der Waals surface area contributed by atoms with Gasteiger partial charge in [0.15, 0.2) is 21.8 Å². The molecule has 7 nitrogen and oxygen atoms in total. The predicted octanol–water partition coefficient (Wildman–Crippen LogP) is 5.10. The fourth-order valence-corrected chi connectivity index (χ4v) is 13.0. The first-order valence-electron chi connectivity index (χ1n) is 8.78. The van der Waals surface area contributed by atoms with E-state index in [1.54, 1.807) is 31.1 Å². The van der Waals surface area contributed by atoms with E-state index in [4.69, 9.17) is 9.65 Å². The molecule has 0 saturated heterocycles. The number of hydrogen-bond acceptors (Lipinski definition) is 6. The Morgan fingerprint density at radius 1 is 1.23 bits per heavy atom. The monoisotopic (exact) mass is 411 g/mol. The maximum absolute atomic E-state index is 11.0. The second-order valence-electron chi connectivity index (χ2n) is 7.58. The SMILES string of the molecule is CC(=O)CCCC[Si](C)(C)O[Si](C)(C)CSc1ncc(CN=[N+]=[N-])cn1. The lowest BCUT2D eigenvalue weighted by Gasteiger charge is -2.33. The molecule has 0 aliphatic carbocycles. The van der Waals surface area contributed by atoms with Crippen molar-refractivity contribution in [2.75, 3.05) is 5.38 Å². The van der Waals surface area contributed by atoms with Crippen molar-refractivity contribution in [2.24, 2.45) is 5.11 Å². The van der Waals surface area contributed by atoms with Crippen molar-refractivity contribution < 1.29 is 8.91 Å². The first kappa shape index (κ1) is 22.8. The van der Waals surface area contributed by atoms with Gasteiger partial charge in [-0.15, -0.1) is 0 Å². The normalized spacial score (nSPS) is 11.9. The first-order chi connectivity index (χ1) is 12.1. The Balaban J connectivity index is 2.46. The third-order valence-corrected chi connectivity index (χ3v) is 13.5. The molecule has 10 heteroatoms. The van der Waals surface area contributed by atoms with Crippen molar-refractivity contribution in [3.8, 4) is 0 Å². The average molecular weight is 412 g/mol. The molecule has 0 amide bonds. The standard InChI is InChI=1S/C16H29N5O2SSi2/c1-14(22)8-6-7-9-25(2,3)23-26(4,5)13-24-16-18-10-15(11-19-16)12-20-21-17/h10-11H,6-9,12-13H2,1-5H3. The van der Waals surface area contributed by atoms with Crippen molar-refractivity contribution in [3.05, 3.63) is 28.4 Å². The maximum Gasteiger partial charge on any atom is 0.187 e. The van der Waals surface area contributed by atoms with Crippen LogP contribution in [0, 0.1) is 0 Å². The van der Waals surface area contributed by atoms with E-state index in [2.05, 4.69) is 46.2 Å². The third kappa shape index (κ3) is 10.1. The van der Waals surface area contributed by atoms with Crippen LogP contribution < -0.4 is 0 Å². The maximum atomic E-state index is 11.0. The molecule has 0 aliphatic rings. The van der Waals surface area contributed by atoms with Crippen LogP contribution in [0.3, 0.4) is 0 Å². The minimum Gasteiger partial charge on any atom is -0.455 e.